The van der Waals surface area contributed by atoms with E-state index < -0.39 is 42.4 Å². The summed E-state index contributed by atoms with van der Waals surface area (Å²) in [5.74, 6) is -2.53. The van der Waals surface area contributed by atoms with Gasteiger partial charge in [-0.25, -0.2) is 9.59 Å². The van der Waals surface area contributed by atoms with Crippen LogP contribution in [-0.4, -0.2) is 78.1 Å². The predicted octanol–water partition coefficient (Wildman–Crippen LogP) is 1.63. The molecule has 11 nitrogen and oxygen atoms in total. The van der Waals surface area contributed by atoms with Gasteiger partial charge >= 0.3 is 12.1 Å². The van der Waals surface area contributed by atoms with Gasteiger partial charge in [0.1, 0.15) is 19.2 Å². The maximum Gasteiger partial charge on any atom is 0.408 e. The summed E-state index contributed by atoms with van der Waals surface area (Å²) >= 11 is 0. The SMILES string of the molecule is C=CCN(C(=O)[C@@H](NC(=O)OCC1c2ccccc2-c2ccccc21)N[C@@H](C)C=O)[C@@H](N[C@@H](C)C=O)C(=O)O. The molecule has 0 saturated carbocycles. The van der Waals surface area contributed by atoms with Crippen molar-refractivity contribution in [3.05, 3.63) is 72.3 Å². The summed E-state index contributed by atoms with van der Waals surface area (Å²) in [6.45, 7) is 6.21. The van der Waals surface area contributed by atoms with Crippen LogP contribution in [-0.2, 0) is 23.9 Å². The van der Waals surface area contributed by atoms with Crippen LogP contribution in [0.3, 0.4) is 0 Å². The summed E-state index contributed by atoms with van der Waals surface area (Å²) in [6, 6.07) is 13.9. The number of alkyl carbamates (subject to hydrolysis) is 1. The maximum absolute atomic E-state index is 13.5. The molecule has 4 atom stereocenters. The van der Waals surface area contributed by atoms with E-state index in [4.69, 9.17) is 4.74 Å². The number of hydrogen-bond donors (Lipinski definition) is 4. The number of aliphatic carboxylic acids is 1. The molecule has 1 aliphatic rings. The van der Waals surface area contributed by atoms with Crippen LogP contribution in [0.5, 0.6) is 0 Å². The highest BCUT2D eigenvalue weighted by Gasteiger charge is 2.36. The lowest BCUT2D eigenvalue weighted by atomic mass is 9.98. The fourth-order valence-corrected chi connectivity index (χ4v) is 4.45. The first-order chi connectivity index (χ1) is 18.7. The molecule has 0 spiro atoms. The van der Waals surface area contributed by atoms with Crippen molar-refractivity contribution in [1.82, 2.24) is 20.9 Å². The molecule has 0 aliphatic heterocycles. The lowest BCUT2D eigenvalue weighted by Gasteiger charge is -2.33. The van der Waals surface area contributed by atoms with Gasteiger partial charge < -0.3 is 24.3 Å². The first-order valence-electron chi connectivity index (χ1n) is 12.4. The number of hydrogen-bond acceptors (Lipinski definition) is 8. The first-order valence-corrected chi connectivity index (χ1v) is 12.4. The topological polar surface area (TPSA) is 154 Å². The Morgan fingerprint density at radius 1 is 0.974 bits per heavy atom. The molecule has 0 bridgehead atoms. The number of ether oxygens (including phenoxy) is 1. The van der Waals surface area contributed by atoms with Gasteiger partial charge in [0, 0.05) is 12.5 Å². The minimum atomic E-state index is -1.61. The van der Waals surface area contributed by atoms with Crippen LogP contribution in [0.25, 0.3) is 11.1 Å². The number of carbonyl (C=O) groups excluding carboxylic acids is 4. The Balaban J connectivity index is 1.79. The van der Waals surface area contributed by atoms with Gasteiger partial charge in [0.2, 0.25) is 0 Å². The quantitative estimate of drug-likeness (QED) is 0.160. The molecular weight excluding hydrogens is 504 g/mol. The predicted molar refractivity (Wildman–Crippen MR) is 143 cm³/mol. The molecule has 0 heterocycles. The summed E-state index contributed by atoms with van der Waals surface area (Å²) < 4.78 is 5.52. The van der Waals surface area contributed by atoms with Crippen molar-refractivity contribution in [2.75, 3.05) is 13.2 Å². The number of fused-ring (bicyclic) bond motifs is 3. The van der Waals surface area contributed by atoms with Crippen LogP contribution in [0, 0.1) is 0 Å². The number of amides is 2. The van der Waals surface area contributed by atoms with Crippen molar-refractivity contribution >= 4 is 30.5 Å². The Morgan fingerprint density at radius 2 is 1.51 bits per heavy atom. The standard InChI is InChI=1S/C28H32N4O7/c1-4-13-32(25(27(36)37)30-18(3)15-34)26(35)24(29-17(2)14-33)31-28(38)39-16-23-21-11-7-5-9-19(21)20-10-6-8-12-22(20)23/h4-12,14-15,17-18,23-25,29-30H,1,13,16H2,2-3H3,(H,31,38)(H,36,37)/t17-,18-,24+,25+/m0/s1. The molecule has 206 valence electrons. The highest BCUT2D eigenvalue weighted by atomic mass is 16.5. The summed E-state index contributed by atoms with van der Waals surface area (Å²) in [7, 11) is 0. The molecule has 1 aliphatic carbocycles. The Hall–Kier alpha value is -4.35. The molecule has 0 radical (unpaired) electrons. The van der Waals surface area contributed by atoms with Crippen LogP contribution in [0.2, 0.25) is 0 Å². The number of nitrogens with zero attached hydrogens (tertiary/aromatic N) is 1. The van der Waals surface area contributed by atoms with Gasteiger partial charge in [0.05, 0.1) is 12.1 Å². The third kappa shape index (κ3) is 6.95. The van der Waals surface area contributed by atoms with Crippen LogP contribution >= 0.6 is 0 Å². The fraction of sp³-hybridized carbons (Fsp3) is 0.321. The van der Waals surface area contributed by atoms with Gasteiger partial charge in [-0.2, -0.15) is 0 Å². The van der Waals surface area contributed by atoms with Crippen LogP contribution in [0.15, 0.2) is 61.2 Å². The van der Waals surface area contributed by atoms with Gasteiger partial charge in [-0.15, -0.1) is 6.58 Å². The number of carbonyl (C=O) groups is 5. The van der Waals surface area contributed by atoms with Crippen LogP contribution in [0.4, 0.5) is 4.79 Å². The van der Waals surface area contributed by atoms with Gasteiger partial charge in [-0.3, -0.25) is 20.7 Å². The zero-order valence-electron chi connectivity index (χ0n) is 21.7. The minimum Gasteiger partial charge on any atom is -0.479 e. The molecule has 2 aromatic rings. The van der Waals surface area contributed by atoms with Crippen molar-refractivity contribution in [3.8, 4) is 11.1 Å². The molecule has 2 aromatic carbocycles. The fourth-order valence-electron chi connectivity index (χ4n) is 4.45. The molecule has 2 amide bonds. The molecule has 0 fully saturated rings. The van der Waals surface area contributed by atoms with Crippen molar-refractivity contribution in [3.63, 3.8) is 0 Å². The average Bonchev–Trinajstić information content (AvgIpc) is 3.26. The molecular formula is C28H32N4O7. The zero-order valence-corrected chi connectivity index (χ0v) is 21.7. The molecule has 4 N–H and O–H groups in total. The Morgan fingerprint density at radius 3 is 2.03 bits per heavy atom. The maximum atomic E-state index is 13.5. The normalized spacial score (nSPS) is 15.0. The van der Waals surface area contributed by atoms with E-state index in [-0.39, 0.29) is 19.1 Å². The summed E-state index contributed by atoms with van der Waals surface area (Å²) in [6.07, 6.45) is -1.76. The van der Waals surface area contributed by atoms with Crippen molar-refractivity contribution in [2.24, 2.45) is 0 Å². The smallest absolute Gasteiger partial charge is 0.408 e. The number of carboxylic acid groups (broad SMARTS) is 1. The molecule has 0 saturated heterocycles. The largest absolute Gasteiger partial charge is 0.479 e. The summed E-state index contributed by atoms with van der Waals surface area (Å²) in [4.78, 5) is 61.6. The van der Waals surface area contributed by atoms with Crippen molar-refractivity contribution in [2.45, 2.75) is 44.2 Å². The minimum absolute atomic E-state index is 0.0173. The third-order valence-corrected chi connectivity index (χ3v) is 6.27. The van der Waals surface area contributed by atoms with Gasteiger partial charge in [-0.1, -0.05) is 54.6 Å². The van der Waals surface area contributed by atoms with Gasteiger partial charge in [0.15, 0.2) is 12.3 Å². The van der Waals surface area contributed by atoms with Crippen LogP contribution < -0.4 is 16.0 Å². The third-order valence-electron chi connectivity index (χ3n) is 6.27. The average molecular weight is 537 g/mol. The lowest BCUT2D eigenvalue weighted by Crippen LogP contribution is -2.64. The number of aldehydes is 2. The molecule has 11 heteroatoms. The number of benzene rings is 2. The Bertz CT molecular complexity index is 1190. The van der Waals surface area contributed by atoms with E-state index in [2.05, 4.69) is 22.5 Å². The molecule has 0 unspecified atom stereocenters. The van der Waals surface area contributed by atoms with E-state index in [1.54, 1.807) is 0 Å². The monoisotopic (exact) mass is 536 g/mol. The summed E-state index contributed by atoms with van der Waals surface area (Å²) in [5, 5.41) is 17.3. The first kappa shape index (κ1) is 29.2. The van der Waals surface area contributed by atoms with E-state index in [1.165, 1.54) is 19.9 Å². The second kappa shape index (κ2) is 13.4. The highest BCUT2D eigenvalue weighted by molar-refractivity contribution is 5.89. The summed E-state index contributed by atoms with van der Waals surface area (Å²) in [5.41, 5.74) is 4.11. The van der Waals surface area contributed by atoms with E-state index in [1.807, 2.05) is 48.5 Å². The van der Waals surface area contributed by atoms with Crippen LogP contribution in [0.1, 0.15) is 30.9 Å². The number of nitrogens with one attached hydrogen (secondary N) is 3. The molecule has 39 heavy (non-hydrogen) atoms. The van der Waals surface area contributed by atoms with Crippen molar-refractivity contribution < 1.29 is 33.8 Å². The van der Waals surface area contributed by atoms with Gasteiger partial charge in [-0.05, 0) is 36.1 Å². The van der Waals surface area contributed by atoms with E-state index in [0.29, 0.717) is 12.6 Å². The van der Waals surface area contributed by atoms with E-state index in [9.17, 15) is 29.1 Å². The van der Waals surface area contributed by atoms with Gasteiger partial charge in [0.25, 0.3) is 5.91 Å². The number of rotatable bonds is 14. The Labute approximate surface area is 226 Å². The zero-order chi connectivity index (χ0) is 28.5. The highest BCUT2D eigenvalue weighted by Crippen LogP contribution is 2.44. The molecule has 3 rings (SSSR count). The van der Waals surface area contributed by atoms with E-state index >= 15 is 0 Å². The van der Waals surface area contributed by atoms with E-state index in [0.717, 1.165) is 27.2 Å². The Kier molecular flexibility index (Phi) is 10.1. The second-order valence-electron chi connectivity index (χ2n) is 9.11. The van der Waals surface area contributed by atoms with Crippen molar-refractivity contribution in [1.29, 1.82) is 0 Å². The number of carboxylic acids is 1. The lowest BCUT2D eigenvalue weighted by molar-refractivity contribution is -0.153. The molecule has 0 aromatic heterocycles. The second-order valence-corrected chi connectivity index (χ2v) is 9.11.